The van der Waals surface area contributed by atoms with Crippen molar-refractivity contribution in [2.24, 2.45) is 0 Å². The van der Waals surface area contributed by atoms with E-state index in [-0.39, 0.29) is 6.42 Å². The van der Waals surface area contributed by atoms with Crippen molar-refractivity contribution in [1.82, 2.24) is 5.32 Å². The molecular formula is C15H19BrFNO4. The molecule has 5 nitrogen and oxygen atoms in total. The number of carbonyl (C=O) groups excluding carboxylic acids is 2. The Morgan fingerprint density at radius 3 is 2.45 bits per heavy atom. The van der Waals surface area contributed by atoms with Crippen LogP contribution in [0.1, 0.15) is 26.3 Å². The SMILES string of the molecule is COC(=O)C(Cc1cc(F)cc(Br)c1)NC(=O)OC(C)(C)C. The first kappa shape index (κ1) is 18.4. The Kier molecular flexibility index (Phi) is 6.34. The molecule has 0 aliphatic heterocycles. The van der Waals surface area contributed by atoms with E-state index in [1.807, 2.05) is 0 Å². The van der Waals surface area contributed by atoms with E-state index in [2.05, 4.69) is 26.0 Å². The quantitative estimate of drug-likeness (QED) is 0.820. The lowest BCUT2D eigenvalue weighted by Crippen LogP contribution is -2.45. The maximum atomic E-state index is 13.4. The van der Waals surface area contributed by atoms with Crippen LogP contribution in [0.25, 0.3) is 0 Å². The van der Waals surface area contributed by atoms with Crippen molar-refractivity contribution in [3.8, 4) is 0 Å². The fraction of sp³-hybridized carbons (Fsp3) is 0.467. The standard InChI is InChI=1S/C15H19BrFNO4/c1-15(2,3)22-14(20)18-12(13(19)21-4)7-9-5-10(16)8-11(17)6-9/h5-6,8,12H,7H2,1-4H3,(H,18,20). The number of methoxy groups -OCH3 is 1. The van der Waals surface area contributed by atoms with Gasteiger partial charge < -0.3 is 14.8 Å². The highest BCUT2D eigenvalue weighted by Gasteiger charge is 2.25. The number of hydrogen-bond donors (Lipinski definition) is 1. The smallest absolute Gasteiger partial charge is 0.408 e. The van der Waals surface area contributed by atoms with Crippen LogP contribution < -0.4 is 5.32 Å². The number of alkyl carbamates (subject to hydrolysis) is 1. The van der Waals surface area contributed by atoms with Crippen molar-refractivity contribution in [3.63, 3.8) is 0 Å². The second-order valence-electron chi connectivity index (χ2n) is 5.70. The molecule has 0 bridgehead atoms. The Morgan fingerprint density at radius 1 is 1.32 bits per heavy atom. The zero-order chi connectivity index (χ0) is 16.9. The van der Waals surface area contributed by atoms with Gasteiger partial charge >= 0.3 is 12.1 Å². The predicted octanol–water partition coefficient (Wildman–Crippen LogP) is 3.20. The molecule has 7 heteroatoms. The largest absolute Gasteiger partial charge is 0.467 e. The summed E-state index contributed by atoms with van der Waals surface area (Å²) < 4.78 is 23.7. The monoisotopic (exact) mass is 375 g/mol. The highest BCUT2D eigenvalue weighted by Crippen LogP contribution is 2.17. The summed E-state index contributed by atoms with van der Waals surface area (Å²) in [6.45, 7) is 5.14. The van der Waals surface area contributed by atoms with Crippen LogP contribution in [0.4, 0.5) is 9.18 Å². The van der Waals surface area contributed by atoms with Gasteiger partial charge in [0, 0.05) is 10.9 Å². The maximum Gasteiger partial charge on any atom is 0.408 e. The first-order valence-electron chi connectivity index (χ1n) is 6.63. The van der Waals surface area contributed by atoms with Gasteiger partial charge in [0.2, 0.25) is 0 Å². The highest BCUT2D eigenvalue weighted by atomic mass is 79.9. The third-order valence-corrected chi connectivity index (χ3v) is 3.00. The Hall–Kier alpha value is -1.63. The lowest BCUT2D eigenvalue weighted by Gasteiger charge is -2.22. The second-order valence-corrected chi connectivity index (χ2v) is 6.62. The van der Waals surface area contributed by atoms with E-state index in [0.29, 0.717) is 10.0 Å². The fourth-order valence-corrected chi connectivity index (χ4v) is 2.26. The van der Waals surface area contributed by atoms with Gasteiger partial charge in [0.05, 0.1) is 7.11 Å². The van der Waals surface area contributed by atoms with Crippen LogP contribution in [-0.4, -0.2) is 30.8 Å². The molecule has 122 valence electrons. The molecule has 0 saturated heterocycles. The number of esters is 1. The highest BCUT2D eigenvalue weighted by molar-refractivity contribution is 9.10. The molecule has 1 aromatic rings. The van der Waals surface area contributed by atoms with Gasteiger partial charge in [0.1, 0.15) is 17.5 Å². The van der Waals surface area contributed by atoms with Crippen molar-refractivity contribution in [3.05, 3.63) is 34.1 Å². The maximum absolute atomic E-state index is 13.4. The molecule has 22 heavy (non-hydrogen) atoms. The van der Waals surface area contributed by atoms with Gasteiger partial charge in [0.15, 0.2) is 0 Å². The van der Waals surface area contributed by atoms with Crippen molar-refractivity contribution in [1.29, 1.82) is 0 Å². The van der Waals surface area contributed by atoms with Crippen molar-refractivity contribution < 1.29 is 23.5 Å². The van der Waals surface area contributed by atoms with Gasteiger partial charge in [-0.15, -0.1) is 0 Å². The molecule has 0 radical (unpaired) electrons. The molecule has 1 atom stereocenters. The van der Waals surface area contributed by atoms with Crippen molar-refractivity contribution >= 4 is 28.0 Å². The van der Waals surface area contributed by atoms with Crippen LogP contribution in [0.3, 0.4) is 0 Å². The fourth-order valence-electron chi connectivity index (χ4n) is 1.75. The molecule has 1 unspecified atom stereocenters. The summed E-state index contributed by atoms with van der Waals surface area (Å²) in [6.07, 6.45) is -0.652. The van der Waals surface area contributed by atoms with E-state index >= 15 is 0 Å². The van der Waals surface area contributed by atoms with E-state index in [4.69, 9.17) is 4.74 Å². The van der Waals surface area contributed by atoms with Crippen LogP contribution in [0.5, 0.6) is 0 Å². The van der Waals surface area contributed by atoms with Crippen LogP contribution in [0, 0.1) is 5.82 Å². The van der Waals surface area contributed by atoms with E-state index in [1.165, 1.54) is 19.2 Å². The minimum atomic E-state index is -0.964. The van der Waals surface area contributed by atoms with Crippen LogP contribution in [0.15, 0.2) is 22.7 Å². The summed E-state index contributed by atoms with van der Waals surface area (Å²) in [5.41, 5.74) is -0.148. The van der Waals surface area contributed by atoms with E-state index in [0.717, 1.165) is 0 Å². The summed E-state index contributed by atoms with van der Waals surface area (Å²) in [5, 5.41) is 2.44. The normalized spacial score (nSPS) is 12.5. The Balaban J connectivity index is 2.85. The van der Waals surface area contributed by atoms with Gasteiger partial charge in [-0.25, -0.2) is 14.0 Å². The lowest BCUT2D eigenvalue weighted by atomic mass is 10.1. The van der Waals surface area contributed by atoms with Gasteiger partial charge in [0.25, 0.3) is 0 Å². The van der Waals surface area contributed by atoms with Gasteiger partial charge in [-0.3, -0.25) is 0 Å². The molecule has 0 aliphatic carbocycles. The molecule has 1 amide bonds. The zero-order valence-corrected chi connectivity index (χ0v) is 14.5. The van der Waals surface area contributed by atoms with E-state index < -0.39 is 29.5 Å². The first-order chi connectivity index (χ1) is 10.1. The zero-order valence-electron chi connectivity index (χ0n) is 12.9. The summed E-state index contributed by atoms with van der Waals surface area (Å²) in [5.74, 6) is -1.07. The van der Waals surface area contributed by atoms with Crippen LogP contribution in [0.2, 0.25) is 0 Å². The number of benzene rings is 1. The van der Waals surface area contributed by atoms with Crippen LogP contribution >= 0.6 is 15.9 Å². The minimum absolute atomic E-state index is 0.0856. The molecule has 1 rings (SSSR count). The second kappa shape index (κ2) is 7.58. The third-order valence-electron chi connectivity index (χ3n) is 2.54. The number of amides is 1. The van der Waals surface area contributed by atoms with Crippen molar-refractivity contribution in [2.45, 2.75) is 38.8 Å². The topological polar surface area (TPSA) is 64.6 Å². The van der Waals surface area contributed by atoms with Gasteiger partial charge in [-0.1, -0.05) is 15.9 Å². The molecule has 0 fully saturated rings. The average molecular weight is 376 g/mol. The number of nitrogens with one attached hydrogen (secondary N) is 1. The van der Waals surface area contributed by atoms with Gasteiger partial charge in [-0.2, -0.15) is 0 Å². The molecule has 0 spiro atoms. The molecular weight excluding hydrogens is 357 g/mol. The Morgan fingerprint density at radius 2 is 1.95 bits per heavy atom. The Bertz CT molecular complexity index is 537. The number of halogens is 2. The average Bonchev–Trinajstić information content (AvgIpc) is 2.33. The number of rotatable bonds is 4. The predicted molar refractivity (Wildman–Crippen MR) is 83.0 cm³/mol. The molecule has 0 aromatic heterocycles. The van der Waals surface area contributed by atoms with E-state index in [9.17, 15) is 14.0 Å². The van der Waals surface area contributed by atoms with Crippen molar-refractivity contribution in [2.75, 3.05) is 7.11 Å². The first-order valence-corrected chi connectivity index (χ1v) is 7.42. The molecule has 0 aliphatic rings. The number of carbonyl (C=O) groups is 2. The lowest BCUT2D eigenvalue weighted by molar-refractivity contribution is -0.143. The van der Waals surface area contributed by atoms with Crippen LogP contribution in [-0.2, 0) is 20.7 Å². The molecule has 1 N–H and O–H groups in total. The molecule has 0 saturated carbocycles. The minimum Gasteiger partial charge on any atom is -0.467 e. The summed E-state index contributed by atoms with van der Waals surface area (Å²) >= 11 is 3.18. The van der Waals surface area contributed by atoms with Gasteiger partial charge in [-0.05, 0) is 44.5 Å². The molecule has 1 aromatic carbocycles. The Labute approximate surface area is 137 Å². The van der Waals surface area contributed by atoms with E-state index in [1.54, 1.807) is 26.8 Å². The summed E-state index contributed by atoms with van der Waals surface area (Å²) in [4.78, 5) is 23.6. The molecule has 0 heterocycles. The number of ether oxygens (including phenoxy) is 2. The third kappa shape index (κ3) is 6.43. The summed E-state index contributed by atoms with van der Waals surface area (Å²) in [6, 6.07) is 3.29. The number of hydrogen-bond acceptors (Lipinski definition) is 4. The summed E-state index contributed by atoms with van der Waals surface area (Å²) in [7, 11) is 1.22.